The highest BCUT2D eigenvalue weighted by Gasteiger charge is 2.32. The molecule has 1 aromatic heterocycles. The number of aromatic nitrogens is 2. The van der Waals surface area contributed by atoms with Crippen molar-refractivity contribution in [3.63, 3.8) is 0 Å². The monoisotopic (exact) mass is 594 g/mol. The number of likely N-dealkylation sites (tertiary alicyclic amines) is 1. The van der Waals surface area contributed by atoms with Crippen LogP contribution in [0.4, 0.5) is 4.39 Å². The van der Waals surface area contributed by atoms with E-state index in [0.29, 0.717) is 54.4 Å². The molecule has 3 aliphatic rings. The molecular weight excluding hydrogens is 563 g/mol. The third-order valence-electron chi connectivity index (χ3n) is 8.09. The van der Waals surface area contributed by atoms with Gasteiger partial charge in [-0.2, -0.15) is 0 Å². The Morgan fingerprint density at radius 3 is 2.81 bits per heavy atom. The van der Waals surface area contributed by atoms with E-state index in [1.807, 2.05) is 17.0 Å². The second-order valence-corrected chi connectivity index (χ2v) is 11.3. The van der Waals surface area contributed by atoms with Crippen LogP contribution in [-0.2, 0) is 38.6 Å². The number of carbonyl (C=O) groups excluding carboxylic acids is 2. The predicted molar refractivity (Wildman–Crippen MR) is 155 cm³/mol. The first-order chi connectivity index (χ1) is 20.4. The minimum absolute atomic E-state index is 0.0423. The van der Waals surface area contributed by atoms with Crippen molar-refractivity contribution in [2.45, 2.75) is 51.4 Å². The Hall–Kier alpha value is -3.76. The lowest BCUT2D eigenvalue weighted by Gasteiger charge is -2.34. The van der Waals surface area contributed by atoms with Gasteiger partial charge in [-0.05, 0) is 55.7 Å². The van der Waals surface area contributed by atoms with Gasteiger partial charge < -0.3 is 23.7 Å². The molecule has 0 amide bonds. The number of fused-ring (bicyclic) bond motifs is 1. The zero-order valence-corrected chi connectivity index (χ0v) is 24.1. The van der Waals surface area contributed by atoms with E-state index in [4.69, 9.17) is 30.8 Å². The molecular formula is C31H32ClFN4O5. The second kappa shape index (κ2) is 12.2. The van der Waals surface area contributed by atoms with Gasteiger partial charge in [-0.1, -0.05) is 17.7 Å². The SMILES string of the molecule is COC(=O)c1ccc2nc(CC3CCN(C4=NC(OCc5ccc(Cl)cc5F)=CCC4)CC3=O)n(CC3CCO3)c2c1. The normalized spacial score (nSPS) is 20.6. The number of ether oxygens (including phenoxy) is 3. The maximum Gasteiger partial charge on any atom is 0.337 e. The lowest BCUT2D eigenvalue weighted by atomic mass is 9.91. The number of carbonyl (C=O) groups is 2. The van der Waals surface area contributed by atoms with Crippen molar-refractivity contribution in [2.75, 3.05) is 26.8 Å². The number of amidine groups is 1. The number of piperidine rings is 1. The molecule has 3 aromatic rings. The maximum atomic E-state index is 14.1. The van der Waals surface area contributed by atoms with Gasteiger partial charge in [0.2, 0.25) is 5.88 Å². The lowest BCUT2D eigenvalue weighted by Crippen LogP contribution is -2.45. The molecule has 3 aliphatic heterocycles. The third kappa shape index (κ3) is 6.05. The Bertz CT molecular complexity index is 1580. The summed E-state index contributed by atoms with van der Waals surface area (Å²) in [5.74, 6) is 1.19. The number of imidazole rings is 1. The summed E-state index contributed by atoms with van der Waals surface area (Å²) in [5.41, 5.74) is 2.47. The van der Waals surface area contributed by atoms with E-state index in [0.717, 1.165) is 42.1 Å². The third-order valence-corrected chi connectivity index (χ3v) is 8.32. The summed E-state index contributed by atoms with van der Waals surface area (Å²) in [4.78, 5) is 37.1. The average molecular weight is 595 g/mol. The van der Waals surface area contributed by atoms with Crippen molar-refractivity contribution in [2.24, 2.45) is 10.9 Å². The van der Waals surface area contributed by atoms with Crippen LogP contribution in [0.1, 0.15) is 47.4 Å². The van der Waals surface area contributed by atoms with Crippen LogP contribution in [0.3, 0.4) is 0 Å². The number of hydrogen-bond donors (Lipinski definition) is 0. The molecule has 2 aromatic carbocycles. The molecule has 2 atom stereocenters. The van der Waals surface area contributed by atoms with E-state index in [9.17, 15) is 14.0 Å². The number of Topliss-reactive ketones (excluding diaryl/α,β-unsaturated/α-hetero) is 1. The van der Waals surface area contributed by atoms with Crippen molar-refractivity contribution in [1.29, 1.82) is 0 Å². The van der Waals surface area contributed by atoms with E-state index in [2.05, 4.69) is 9.56 Å². The molecule has 9 nitrogen and oxygen atoms in total. The molecule has 220 valence electrons. The molecule has 42 heavy (non-hydrogen) atoms. The first-order valence-corrected chi connectivity index (χ1v) is 14.6. The minimum atomic E-state index is -0.423. The topological polar surface area (TPSA) is 95.3 Å². The highest BCUT2D eigenvalue weighted by atomic mass is 35.5. The van der Waals surface area contributed by atoms with Gasteiger partial charge in [0.1, 0.15) is 24.1 Å². The summed E-state index contributed by atoms with van der Waals surface area (Å²) in [6, 6.07) is 9.82. The minimum Gasteiger partial charge on any atom is -0.473 e. The van der Waals surface area contributed by atoms with Crippen molar-refractivity contribution >= 4 is 40.2 Å². The van der Waals surface area contributed by atoms with E-state index >= 15 is 0 Å². The number of hydrogen-bond acceptors (Lipinski definition) is 8. The molecule has 0 radical (unpaired) electrons. The first kappa shape index (κ1) is 28.4. The van der Waals surface area contributed by atoms with Gasteiger partial charge in [-0.15, -0.1) is 0 Å². The number of aliphatic imine (C=N–C) groups is 1. The summed E-state index contributed by atoms with van der Waals surface area (Å²) in [7, 11) is 1.36. The summed E-state index contributed by atoms with van der Waals surface area (Å²) in [6.07, 6.45) is 5.55. The number of allylic oxidation sites excluding steroid dienone is 1. The van der Waals surface area contributed by atoms with Crippen LogP contribution in [0.15, 0.2) is 53.3 Å². The molecule has 0 saturated carbocycles. The van der Waals surface area contributed by atoms with E-state index in [1.165, 1.54) is 13.2 Å². The number of nitrogens with zero attached hydrogens (tertiary/aromatic N) is 4. The zero-order chi connectivity index (χ0) is 29.2. The van der Waals surface area contributed by atoms with Crippen LogP contribution in [0.5, 0.6) is 0 Å². The fourth-order valence-electron chi connectivity index (χ4n) is 5.60. The van der Waals surface area contributed by atoms with Gasteiger partial charge in [0, 0.05) is 42.5 Å². The molecule has 2 saturated heterocycles. The van der Waals surface area contributed by atoms with Gasteiger partial charge in [0.05, 0.1) is 42.9 Å². The Labute approximate surface area is 247 Å². The molecule has 0 bridgehead atoms. The van der Waals surface area contributed by atoms with Gasteiger partial charge in [-0.3, -0.25) is 4.79 Å². The van der Waals surface area contributed by atoms with Crippen LogP contribution in [0.25, 0.3) is 11.0 Å². The van der Waals surface area contributed by atoms with Gasteiger partial charge in [-0.25, -0.2) is 19.2 Å². The fourth-order valence-corrected chi connectivity index (χ4v) is 5.76. The quantitative estimate of drug-likeness (QED) is 0.335. The molecule has 0 spiro atoms. The number of rotatable bonds is 8. The van der Waals surface area contributed by atoms with Gasteiger partial charge in [0.15, 0.2) is 5.78 Å². The van der Waals surface area contributed by atoms with Crippen molar-refractivity contribution < 1.29 is 28.2 Å². The molecule has 6 rings (SSSR count). The molecule has 2 unspecified atom stereocenters. The number of halogens is 2. The Kier molecular flexibility index (Phi) is 8.26. The number of methoxy groups -OCH3 is 1. The van der Waals surface area contributed by atoms with Gasteiger partial charge in [0.25, 0.3) is 0 Å². The first-order valence-electron chi connectivity index (χ1n) is 14.2. The van der Waals surface area contributed by atoms with Crippen LogP contribution < -0.4 is 0 Å². The number of ketones is 1. The molecule has 11 heteroatoms. The Morgan fingerprint density at radius 2 is 2.07 bits per heavy atom. The van der Waals surface area contributed by atoms with E-state index in [1.54, 1.807) is 24.3 Å². The summed E-state index contributed by atoms with van der Waals surface area (Å²) >= 11 is 5.84. The largest absolute Gasteiger partial charge is 0.473 e. The van der Waals surface area contributed by atoms with Crippen molar-refractivity contribution in [1.82, 2.24) is 14.5 Å². The van der Waals surface area contributed by atoms with Crippen molar-refractivity contribution in [3.05, 3.63) is 76.1 Å². The highest BCUT2D eigenvalue weighted by Crippen LogP contribution is 2.27. The van der Waals surface area contributed by atoms with E-state index in [-0.39, 0.29) is 31.0 Å². The summed E-state index contributed by atoms with van der Waals surface area (Å²) < 4.78 is 32.6. The smallest absolute Gasteiger partial charge is 0.337 e. The number of benzene rings is 2. The zero-order valence-electron chi connectivity index (χ0n) is 23.4. The van der Waals surface area contributed by atoms with Crippen LogP contribution in [0.2, 0.25) is 5.02 Å². The second-order valence-electron chi connectivity index (χ2n) is 10.8. The summed E-state index contributed by atoms with van der Waals surface area (Å²) in [5, 5.41) is 0.332. The van der Waals surface area contributed by atoms with E-state index < -0.39 is 11.8 Å². The predicted octanol–water partition coefficient (Wildman–Crippen LogP) is 5.09. The van der Waals surface area contributed by atoms with Crippen LogP contribution in [0, 0.1) is 11.7 Å². The van der Waals surface area contributed by atoms with Gasteiger partial charge >= 0.3 is 5.97 Å². The molecule has 0 aliphatic carbocycles. The number of esters is 1. The molecule has 2 fully saturated rings. The standard InChI is InChI=1S/C31H32ClFN4O5/c1-40-31(39)20-6-8-25-26(13-20)37(16-23-10-12-41-23)29(34-25)14-19-9-11-36(17-27(19)38)28-3-2-4-30(35-28)42-18-21-5-7-22(32)15-24(21)33/h4-8,13,15,19,23H,2-3,9-12,14,16-18H2,1H3. The Morgan fingerprint density at radius 1 is 1.21 bits per heavy atom. The molecule has 0 N–H and O–H groups in total. The average Bonchev–Trinajstić information content (AvgIpc) is 3.31. The fraction of sp³-hybridized carbons (Fsp3) is 0.419. The Balaban J connectivity index is 1.13. The lowest BCUT2D eigenvalue weighted by molar-refractivity contribution is -0.125. The molecule has 4 heterocycles. The van der Waals surface area contributed by atoms with Crippen LogP contribution >= 0.6 is 11.6 Å². The van der Waals surface area contributed by atoms with Crippen molar-refractivity contribution in [3.8, 4) is 0 Å². The highest BCUT2D eigenvalue weighted by molar-refractivity contribution is 6.30. The van der Waals surface area contributed by atoms with Crippen LogP contribution in [-0.4, -0.2) is 64.9 Å². The maximum absolute atomic E-state index is 14.1. The summed E-state index contributed by atoms with van der Waals surface area (Å²) in [6.45, 7) is 2.35.